The van der Waals surface area contributed by atoms with Crippen LogP contribution < -0.4 is 14.8 Å². The van der Waals surface area contributed by atoms with Gasteiger partial charge in [-0.2, -0.15) is 0 Å². The molecule has 0 radical (unpaired) electrons. The van der Waals surface area contributed by atoms with Gasteiger partial charge >= 0.3 is 0 Å². The fourth-order valence-electron chi connectivity index (χ4n) is 2.10. The van der Waals surface area contributed by atoms with Crippen LogP contribution in [0.15, 0.2) is 36.4 Å². The van der Waals surface area contributed by atoms with Crippen LogP contribution in [0.3, 0.4) is 0 Å². The molecule has 0 aliphatic carbocycles. The van der Waals surface area contributed by atoms with E-state index in [0.717, 1.165) is 11.1 Å². The Kier molecular flexibility index (Phi) is 5.28. The third-order valence-electron chi connectivity index (χ3n) is 3.28. The molecule has 0 saturated carbocycles. The van der Waals surface area contributed by atoms with Gasteiger partial charge in [-0.15, -0.1) is 0 Å². The van der Waals surface area contributed by atoms with E-state index < -0.39 is 0 Å². The van der Waals surface area contributed by atoms with Gasteiger partial charge in [0.1, 0.15) is 0 Å². The topological polar surface area (TPSA) is 47.6 Å². The van der Waals surface area contributed by atoms with E-state index in [4.69, 9.17) is 21.1 Å². The van der Waals surface area contributed by atoms with Crippen molar-refractivity contribution >= 4 is 23.2 Å². The lowest BCUT2D eigenvalue weighted by Gasteiger charge is -2.13. The number of anilines is 1. The first-order valence-electron chi connectivity index (χ1n) is 6.80. The molecule has 0 unspecified atom stereocenters. The molecule has 1 amide bonds. The van der Waals surface area contributed by atoms with Crippen molar-refractivity contribution in [3.8, 4) is 11.5 Å². The smallest absolute Gasteiger partial charge is 0.228 e. The van der Waals surface area contributed by atoms with Crippen LogP contribution in [-0.4, -0.2) is 20.1 Å². The third kappa shape index (κ3) is 3.92. The van der Waals surface area contributed by atoms with Crippen molar-refractivity contribution in [1.82, 2.24) is 0 Å². The number of benzene rings is 2. The molecule has 0 fully saturated rings. The van der Waals surface area contributed by atoms with Gasteiger partial charge in [0.2, 0.25) is 5.91 Å². The minimum Gasteiger partial charge on any atom is -0.493 e. The molecule has 0 aliphatic rings. The van der Waals surface area contributed by atoms with Gasteiger partial charge in [0.05, 0.1) is 20.6 Å². The molecule has 0 bridgehead atoms. The summed E-state index contributed by atoms with van der Waals surface area (Å²) in [5, 5.41) is 3.54. The van der Waals surface area contributed by atoms with Gasteiger partial charge in [-0.25, -0.2) is 0 Å². The maximum Gasteiger partial charge on any atom is 0.228 e. The summed E-state index contributed by atoms with van der Waals surface area (Å²) in [5.41, 5.74) is 2.51. The minimum absolute atomic E-state index is 0.0994. The average Bonchev–Trinajstić information content (AvgIpc) is 2.51. The van der Waals surface area contributed by atoms with E-state index in [-0.39, 0.29) is 12.3 Å². The van der Waals surface area contributed by atoms with Gasteiger partial charge in [0.15, 0.2) is 11.5 Å². The zero-order valence-corrected chi connectivity index (χ0v) is 13.5. The van der Waals surface area contributed by atoms with Gasteiger partial charge in [-0.1, -0.05) is 23.7 Å². The number of carbonyl (C=O) groups is 1. The van der Waals surface area contributed by atoms with E-state index in [2.05, 4.69) is 5.32 Å². The molecule has 4 nitrogen and oxygen atoms in total. The summed E-state index contributed by atoms with van der Waals surface area (Å²) in [4.78, 5) is 12.2. The SMILES string of the molecule is COc1cc(C)c(NC(=O)Cc2ccc(Cl)cc2)cc1OC. The molecule has 0 heterocycles. The van der Waals surface area contributed by atoms with Gasteiger partial charge in [0.25, 0.3) is 0 Å². The van der Waals surface area contributed by atoms with E-state index in [1.165, 1.54) is 0 Å². The number of amides is 1. The molecule has 0 aromatic heterocycles. The normalized spacial score (nSPS) is 10.2. The van der Waals surface area contributed by atoms with E-state index in [1.54, 1.807) is 32.4 Å². The maximum absolute atomic E-state index is 12.2. The van der Waals surface area contributed by atoms with E-state index in [0.29, 0.717) is 22.2 Å². The van der Waals surface area contributed by atoms with Crippen LogP contribution in [0.4, 0.5) is 5.69 Å². The number of halogens is 1. The van der Waals surface area contributed by atoms with Crippen molar-refractivity contribution < 1.29 is 14.3 Å². The van der Waals surface area contributed by atoms with Gasteiger partial charge in [-0.05, 0) is 36.2 Å². The van der Waals surface area contributed by atoms with Crippen LogP contribution in [-0.2, 0) is 11.2 Å². The molecular formula is C17H18ClNO3. The summed E-state index contributed by atoms with van der Waals surface area (Å²) in [6.07, 6.45) is 0.283. The number of hydrogen-bond donors (Lipinski definition) is 1. The molecule has 5 heteroatoms. The van der Waals surface area contributed by atoms with Gasteiger partial charge in [0, 0.05) is 16.8 Å². The Morgan fingerprint density at radius 2 is 1.68 bits per heavy atom. The Hall–Kier alpha value is -2.20. The molecular weight excluding hydrogens is 302 g/mol. The molecule has 0 atom stereocenters. The minimum atomic E-state index is -0.0994. The van der Waals surface area contributed by atoms with Gasteiger partial charge in [-0.3, -0.25) is 4.79 Å². The maximum atomic E-state index is 12.2. The molecule has 2 aromatic carbocycles. The summed E-state index contributed by atoms with van der Waals surface area (Å²) in [6.45, 7) is 1.90. The molecule has 0 aliphatic heterocycles. The van der Waals surface area contributed by atoms with Crippen molar-refractivity contribution in [1.29, 1.82) is 0 Å². The fraction of sp³-hybridized carbons (Fsp3) is 0.235. The summed E-state index contributed by atoms with van der Waals surface area (Å²) in [6, 6.07) is 10.8. The third-order valence-corrected chi connectivity index (χ3v) is 3.53. The van der Waals surface area contributed by atoms with Crippen LogP contribution in [0.1, 0.15) is 11.1 Å². The summed E-state index contributed by atoms with van der Waals surface area (Å²) < 4.78 is 10.5. The number of nitrogens with one attached hydrogen (secondary N) is 1. The number of methoxy groups -OCH3 is 2. The van der Waals surface area contributed by atoms with Crippen molar-refractivity contribution in [3.05, 3.63) is 52.5 Å². The van der Waals surface area contributed by atoms with Gasteiger partial charge < -0.3 is 14.8 Å². The second-order valence-electron chi connectivity index (χ2n) is 4.87. The second-order valence-corrected chi connectivity index (χ2v) is 5.31. The Bertz CT molecular complexity index is 668. The highest BCUT2D eigenvalue weighted by molar-refractivity contribution is 6.30. The quantitative estimate of drug-likeness (QED) is 0.910. The van der Waals surface area contributed by atoms with Crippen molar-refractivity contribution in [2.45, 2.75) is 13.3 Å². The highest BCUT2D eigenvalue weighted by Crippen LogP contribution is 2.32. The molecule has 22 heavy (non-hydrogen) atoms. The number of aryl methyl sites for hydroxylation is 1. The first-order chi connectivity index (χ1) is 10.5. The average molecular weight is 320 g/mol. The second kappa shape index (κ2) is 7.18. The highest BCUT2D eigenvalue weighted by atomic mass is 35.5. The highest BCUT2D eigenvalue weighted by Gasteiger charge is 2.11. The van der Waals surface area contributed by atoms with E-state index >= 15 is 0 Å². The van der Waals surface area contributed by atoms with E-state index in [9.17, 15) is 4.79 Å². The Labute approximate surface area is 135 Å². The largest absolute Gasteiger partial charge is 0.493 e. The molecule has 116 valence electrons. The Morgan fingerprint density at radius 3 is 2.27 bits per heavy atom. The van der Waals surface area contributed by atoms with E-state index in [1.807, 2.05) is 25.1 Å². The number of carbonyl (C=O) groups excluding carboxylic acids is 1. The number of hydrogen-bond acceptors (Lipinski definition) is 3. The fourth-order valence-corrected chi connectivity index (χ4v) is 2.22. The van der Waals surface area contributed by atoms with Crippen molar-refractivity contribution in [3.63, 3.8) is 0 Å². The molecule has 0 spiro atoms. The molecule has 1 N–H and O–H groups in total. The van der Waals surface area contributed by atoms with Crippen molar-refractivity contribution in [2.75, 3.05) is 19.5 Å². The van der Waals surface area contributed by atoms with Crippen LogP contribution in [0.5, 0.6) is 11.5 Å². The Morgan fingerprint density at radius 1 is 1.09 bits per heavy atom. The molecule has 2 rings (SSSR count). The molecule has 0 saturated heterocycles. The first kappa shape index (κ1) is 16.2. The van der Waals surface area contributed by atoms with Crippen LogP contribution >= 0.6 is 11.6 Å². The molecule has 2 aromatic rings. The lowest BCUT2D eigenvalue weighted by atomic mass is 10.1. The zero-order chi connectivity index (χ0) is 16.1. The summed E-state index contributed by atoms with van der Waals surface area (Å²) >= 11 is 5.83. The summed E-state index contributed by atoms with van der Waals surface area (Å²) in [7, 11) is 3.14. The lowest BCUT2D eigenvalue weighted by Crippen LogP contribution is -2.15. The summed E-state index contributed by atoms with van der Waals surface area (Å²) in [5.74, 6) is 1.11. The number of rotatable bonds is 5. The van der Waals surface area contributed by atoms with Crippen LogP contribution in [0.25, 0.3) is 0 Å². The standard InChI is InChI=1S/C17H18ClNO3/c1-11-8-15(21-2)16(22-3)10-14(11)19-17(20)9-12-4-6-13(18)7-5-12/h4-8,10H,9H2,1-3H3,(H,19,20). The predicted molar refractivity (Wildman–Crippen MR) is 88.1 cm³/mol. The number of ether oxygens (including phenoxy) is 2. The van der Waals surface area contributed by atoms with Crippen molar-refractivity contribution in [2.24, 2.45) is 0 Å². The lowest BCUT2D eigenvalue weighted by molar-refractivity contribution is -0.115. The van der Waals surface area contributed by atoms with Crippen LogP contribution in [0.2, 0.25) is 5.02 Å². The Balaban J connectivity index is 2.12. The van der Waals surface area contributed by atoms with Crippen LogP contribution in [0, 0.1) is 6.92 Å². The monoisotopic (exact) mass is 319 g/mol. The predicted octanol–water partition coefficient (Wildman–Crippen LogP) is 3.85. The first-order valence-corrected chi connectivity index (χ1v) is 7.18. The zero-order valence-electron chi connectivity index (χ0n) is 12.8.